The van der Waals surface area contributed by atoms with Gasteiger partial charge in [-0.1, -0.05) is 60.1 Å². The molecule has 108 valence electrons. The highest BCUT2D eigenvalue weighted by Crippen LogP contribution is 2.45. The molecular weight excluding hydrogens is 278 g/mol. The Hall–Kier alpha value is -1.31. The Balaban J connectivity index is 1.29. The van der Waals surface area contributed by atoms with Crippen molar-refractivity contribution in [2.75, 3.05) is 0 Å². The molecule has 2 aliphatic rings. The molecule has 0 radical (unpaired) electrons. The lowest BCUT2D eigenvalue weighted by atomic mass is 9.76. The molecule has 2 saturated carbocycles. The highest BCUT2D eigenvalue weighted by atomic mass is 35.5. The zero-order valence-electron chi connectivity index (χ0n) is 12.0. The predicted molar refractivity (Wildman–Crippen MR) is 87.9 cm³/mol. The third-order valence-corrected chi connectivity index (χ3v) is 5.30. The molecule has 21 heavy (non-hydrogen) atoms. The van der Waals surface area contributed by atoms with Crippen molar-refractivity contribution in [3.8, 4) is 0 Å². The first-order valence-electron chi connectivity index (χ1n) is 7.86. The van der Waals surface area contributed by atoms with Gasteiger partial charge in [-0.05, 0) is 42.4 Å². The number of rotatable bonds is 4. The number of hydrogen-bond acceptors (Lipinski definition) is 1. The van der Waals surface area contributed by atoms with Crippen molar-refractivity contribution in [1.29, 1.82) is 0 Å². The van der Waals surface area contributed by atoms with Crippen LogP contribution in [0, 0.1) is 0 Å². The zero-order chi connectivity index (χ0) is 14.2. The Morgan fingerprint density at radius 2 is 1.57 bits per heavy atom. The fourth-order valence-electron chi connectivity index (χ4n) is 3.56. The van der Waals surface area contributed by atoms with Crippen LogP contribution in [0.15, 0.2) is 54.6 Å². The van der Waals surface area contributed by atoms with Crippen molar-refractivity contribution < 1.29 is 0 Å². The molecule has 0 amide bonds. The van der Waals surface area contributed by atoms with E-state index in [1.54, 1.807) is 0 Å². The van der Waals surface area contributed by atoms with Gasteiger partial charge in [-0.2, -0.15) is 0 Å². The van der Waals surface area contributed by atoms with Gasteiger partial charge in [-0.3, -0.25) is 0 Å². The molecule has 0 spiro atoms. The van der Waals surface area contributed by atoms with E-state index < -0.39 is 0 Å². The summed E-state index contributed by atoms with van der Waals surface area (Å²) in [5.41, 5.74) is 2.81. The summed E-state index contributed by atoms with van der Waals surface area (Å²) in [6.07, 6.45) is 3.74. The van der Waals surface area contributed by atoms with Crippen LogP contribution in [0.1, 0.15) is 42.2 Å². The van der Waals surface area contributed by atoms with Gasteiger partial charge in [0.05, 0.1) is 0 Å². The molecule has 1 N–H and O–H groups in total. The summed E-state index contributed by atoms with van der Waals surface area (Å²) in [7, 11) is 0. The molecule has 2 aromatic carbocycles. The van der Waals surface area contributed by atoms with Crippen molar-refractivity contribution in [2.24, 2.45) is 0 Å². The topological polar surface area (TPSA) is 12.0 Å². The Morgan fingerprint density at radius 1 is 0.857 bits per heavy atom. The number of benzene rings is 2. The minimum absolute atomic E-state index is 0.644. The predicted octanol–water partition coefficient (Wildman–Crippen LogP) is 4.73. The van der Waals surface area contributed by atoms with Crippen LogP contribution in [0.5, 0.6) is 0 Å². The van der Waals surface area contributed by atoms with Crippen molar-refractivity contribution in [2.45, 2.75) is 43.2 Å². The quantitative estimate of drug-likeness (QED) is 0.860. The van der Waals surface area contributed by atoms with Crippen LogP contribution in [-0.2, 0) is 0 Å². The summed E-state index contributed by atoms with van der Waals surface area (Å²) in [5.74, 6) is 1.37. The van der Waals surface area contributed by atoms with Crippen LogP contribution in [-0.4, -0.2) is 12.1 Å². The van der Waals surface area contributed by atoms with Crippen molar-refractivity contribution in [3.05, 3.63) is 70.7 Å². The van der Waals surface area contributed by atoms with Crippen LogP contribution in [0.4, 0.5) is 0 Å². The van der Waals surface area contributed by atoms with Gasteiger partial charge in [-0.25, -0.2) is 0 Å². The van der Waals surface area contributed by atoms with Crippen molar-refractivity contribution >= 4 is 11.6 Å². The molecule has 0 aliphatic heterocycles. The minimum Gasteiger partial charge on any atom is -0.311 e. The third kappa shape index (κ3) is 2.73. The number of hydrogen-bond donors (Lipinski definition) is 1. The minimum atomic E-state index is 0.644. The maximum Gasteiger partial charge on any atom is 0.0440 e. The van der Waals surface area contributed by atoms with Gasteiger partial charge >= 0.3 is 0 Å². The molecule has 1 nitrogen and oxygen atoms in total. The van der Waals surface area contributed by atoms with Crippen LogP contribution in [0.25, 0.3) is 0 Å². The second kappa shape index (κ2) is 5.47. The van der Waals surface area contributed by atoms with E-state index in [4.69, 9.17) is 11.6 Å². The number of nitrogens with one attached hydrogen (secondary N) is 1. The van der Waals surface area contributed by atoms with E-state index in [2.05, 4.69) is 47.8 Å². The summed E-state index contributed by atoms with van der Waals surface area (Å²) < 4.78 is 0. The summed E-state index contributed by atoms with van der Waals surface area (Å²) in [5, 5.41) is 4.74. The van der Waals surface area contributed by atoms with Gasteiger partial charge in [0.2, 0.25) is 0 Å². The van der Waals surface area contributed by atoms with Crippen LogP contribution in [0.3, 0.4) is 0 Å². The van der Waals surface area contributed by atoms with E-state index in [1.165, 1.54) is 30.4 Å². The monoisotopic (exact) mass is 297 g/mol. The molecule has 4 rings (SSSR count). The van der Waals surface area contributed by atoms with Crippen molar-refractivity contribution in [1.82, 2.24) is 5.32 Å². The normalized spacial score (nSPS) is 30.7. The van der Waals surface area contributed by atoms with Gasteiger partial charge in [0.25, 0.3) is 0 Å². The molecule has 2 atom stereocenters. The third-order valence-electron chi connectivity index (χ3n) is 4.95. The highest BCUT2D eigenvalue weighted by Gasteiger charge is 2.42. The fourth-order valence-corrected chi connectivity index (χ4v) is 3.85. The molecular formula is C19H20ClN. The first-order valence-corrected chi connectivity index (χ1v) is 8.24. The molecule has 2 aromatic rings. The maximum absolute atomic E-state index is 6.28. The van der Waals surface area contributed by atoms with E-state index >= 15 is 0 Å². The van der Waals surface area contributed by atoms with Gasteiger partial charge in [0.1, 0.15) is 0 Å². The fraction of sp³-hybridized carbons (Fsp3) is 0.368. The second-order valence-electron chi connectivity index (χ2n) is 6.41. The van der Waals surface area contributed by atoms with Gasteiger partial charge in [0.15, 0.2) is 0 Å². The molecule has 2 fully saturated rings. The first-order chi connectivity index (χ1) is 10.3. The number of halogens is 1. The lowest BCUT2D eigenvalue weighted by Gasteiger charge is -2.37. The van der Waals surface area contributed by atoms with Crippen molar-refractivity contribution in [3.63, 3.8) is 0 Å². The summed E-state index contributed by atoms with van der Waals surface area (Å²) in [6.45, 7) is 0. The highest BCUT2D eigenvalue weighted by molar-refractivity contribution is 6.31. The van der Waals surface area contributed by atoms with Gasteiger partial charge in [0, 0.05) is 23.0 Å². The van der Waals surface area contributed by atoms with E-state index in [9.17, 15) is 0 Å². The second-order valence-corrected chi connectivity index (χ2v) is 6.82. The Kier molecular flexibility index (Phi) is 3.48. The maximum atomic E-state index is 6.28. The van der Waals surface area contributed by atoms with Crippen LogP contribution in [0.2, 0.25) is 5.02 Å². The lowest BCUT2D eigenvalue weighted by Crippen LogP contribution is -2.41. The van der Waals surface area contributed by atoms with E-state index in [0.717, 1.165) is 10.9 Å². The molecule has 0 heterocycles. The molecule has 2 unspecified atom stereocenters. The molecule has 0 aromatic heterocycles. The van der Waals surface area contributed by atoms with Crippen LogP contribution < -0.4 is 5.32 Å². The summed E-state index contributed by atoms with van der Waals surface area (Å²) in [6, 6.07) is 20.5. The summed E-state index contributed by atoms with van der Waals surface area (Å²) in [4.78, 5) is 0. The SMILES string of the molecule is Clc1ccccc1C1CC(NC2CC2c2ccccc2)C1. The van der Waals surface area contributed by atoms with Gasteiger partial charge < -0.3 is 5.32 Å². The Morgan fingerprint density at radius 3 is 2.33 bits per heavy atom. The average molecular weight is 298 g/mol. The Labute approximate surface area is 131 Å². The standard InChI is InChI=1S/C19H20ClN/c20-18-9-5-4-8-16(18)14-10-15(11-14)21-19-12-17(19)13-6-2-1-3-7-13/h1-9,14-15,17,19,21H,10-12H2. The molecule has 2 aliphatic carbocycles. The lowest BCUT2D eigenvalue weighted by molar-refractivity contribution is 0.287. The van der Waals surface area contributed by atoms with Gasteiger partial charge in [-0.15, -0.1) is 0 Å². The van der Waals surface area contributed by atoms with E-state index in [1.807, 2.05) is 12.1 Å². The van der Waals surface area contributed by atoms with E-state index in [0.29, 0.717) is 18.0 Å². The Bertz CT molecular complexity index is 618. The molecule has 0 saturated heterocycles. The van der Waals surface area contributed by atoms with Crippen LogP contribution >= 0.6 is 11.6 Å². The average Bonchev–Trinajstić information content (AvgIpc) is 3.24. The molecule has 0 bridgehead atoms. The zero-order valence-corrected chi connectivity index (χ0v) is 12.8. The largest absolute Gasteiger partial charge is 0.311 e. The molecule has 2 heteroatoms. The van der Waals surface area contributed by atoms with E-state index in [-0.39, 0.29) is 0 Å². The summed E-state index contributed by atoms with van der Waals surface area (Å²) >= 11 is 6.28. The first kappa shape index (κ1) is 13.4. The smallest absolute Gasteiger partial charge is 0.0440 e.